The summed E-state index contributed by atoms with van der Waals surface area (Å²) >= 11 is 4.65. The summed E-state index contributed by atoms with van der Waals surface area (Å²) in [7, 11) is 1.82. The molecule has 0 aliphatic heterocycles. The van der Waals surface area contributed by atoms with Gasteiger partial charge in [0.05, 0.1) is 17.5 Å². The molecule has 0 saturated carbocycles. The first-order valence-corrected chi connectivity index (χ1v) is 6.35. The van der Waals surface area contributed by atoms with E-state index in [9.17, 15) is 4.79 Å². The first-order chi connectivity index (χ1) is 9.52. The Bertz CT molecular complexity index is 714. The average Bonchev–Trinajstić information content (AvgIpc) is 2.63. The van der Waals surface area contributed by atoms with Crippen LogP contribution < -0.4 is 16.7 Å². The summed E-state index contributed by atoms with van der Waals surface area (Å²) in [6.07, 6.45) is 1.43. The summed E-state index contributed by atoms with van der Waals surface area (Å²) < 4.78 is 3.36. The van der Waals surface area contributed by atoms with E-state index in [1.54, 1.807) is 9.36 Å². The third-order valence-corrected chi connectivity index (χ3v) is 3.06. The molecule has 3 N–H and O–H groups in total. The Kier molecular flexibility index (Phi) is 3.99. The lowest BCUT2D eigenvalue weighted by atomic mass is 10.3. The minimum absolute atomic E-state index is 0.0539. The van der Waals surface area contributed by atoms with Gasteiger partial charge >= 0.3 is 0 Å². The van der Waals surface area contributed by atoms with Gasteiger partial charge in [0.2, 0.25) is 0 Å². The number of nitrogens with one attached hydrogen (secondary N) is 1. The van der Waals surface area contributed by atoms with E-state index >= 15 is 0 Å². The van der Waals surface area contributed by atoms with Crippen LogP contribution in [0.25, 0.3) is 5.69 Å². The fraction of sp³-hybridized carbons (Fsp3) is 0.154. The van der Waals surface area contributed by atoms with Gasteiger partial charge in [0, 0.05) is 12.7 Å². The molecule has 7 heteroatoms. The molecule has 1 aromatic heterocycles. The van der Waals surface area contributed by atoms with E-state index in [0.717, 1.165) is 11.4 Å². The van der Waals surface area contributed by atoms with E-state index in [1.165, 1.54) is 6.21 Å². The van der Waals surface area contributed by atoms with Crippen molar-refractivity contribution in [3.63, 3.8) is 0 Å². The minimum Gasteiger partial charge on any atom is -0.375 e. The molecule has 0 amide bonds. The molecular formula is C13H15N5OS. The largest absolute Gasteiger partial charge is 0.375 e. The summed E-state index contributed by atoms with van der Waals surface area (Å²) in [4.78, 5) is 12.4. The fourth-order valence-corrected chi connectivity index (χ4v) is 1.95. The van der Waals surface area contributed by atoms with Gasteiger partial charge < -0.3 is 5.73 Å². The van der Waals surface area contributed by atoms with Crippen LogP contribution in [0.1, 0.15) is 11.3 Å². The lowest BCUT2D eigenvalue weighted by Crippen LogP contribution is -2.25. The molecule has 0 aliphatic carbocycles. The molecule has 1 aromatic carbocycles. The molecule has 0 fully saturated rings. The van der Waals surface area contributed by atoms with Crippen molar-refractivity contribution < 1.29 is 0 Å². The SMILES string of the molecule is Cc1c(C=NNC(N)=S)c(=O)n(-c2ccccc2)n1C. The first-order valence-electron chi connectivity index (χ1n) is 5.95. The van der Waals surface area contributed by atoms with Gasteiger partial charge in [-0.05, 0) is 31.3 Å². The van der Waals surface area contributed by atoms with Crippen molar-refractivity contribution in [2.24, 2.45) is 17.9 Å². The smallest absolute Gasteiger partial charge is 0.280 e. The monoisotopic (exact) mass is 289 g/mol. The van der Waals surface area contributed by atoms with Gasteiger partial charge in [-0.1, -0.05) is 18.2 Å². The van der Waals surface area contributed by atoms with E-state index in [2.05, 4.69) is 22.7 Å². The van der Waals surface area contributed by atoms with Crippen molar-refractivity contribution in [1.29, 1.82) is 0 Å². The second-order valence-electron chi connectivity index (χ2n) is 4.21. The second kappa shape index (κ2) is 5.70. The van der Waals surface area contributed by atoms with Crippen LogP contribution in [-0.4, -0.2) is 20.7 Å². The van der Waals surface area contributed by atoms with E-state index in [4.69, 9.17) is 5.73 Å². The number of hydrogen-bond donors (Lipinski definition) is 2. The normalized spacial score (nSPS) is 10.9. The molecule has 6 nitrogen and oxygen atoms in total. The van der Waals surface area contributed by atoms with E-state index in [0.29, 0.717) is 5.56 Å². The first kappa shape index (κ1) is 14.0. The van der Waals surface area contributed by atoms with Gasteiger partial charge in [-0.2, -0.15) is 5.10 Å². The Morgan fingerprint density at radius 2 is 2.05 bits per heavy atom. The third kappa shape index (κ3) is 2.62. The van der Waals surface area contributed by atoms with Crippen LogP contribution in [0.2, 0.25) is 0 Å². The minimum atomic E-state index is -0.148. The zero-order valence-corrected chi connectivity index (χ0v) is 12.0. The average molecular weight is 289 g/mol. The number of hydrazone groups is 1. The molecule has 2 aromatic rings. The van der Waals surface area contributed by atoms with Crippen molar-refractivity contribution >= 4 is 23.5 Å². The lowest BCUT2D eigenvalue weighted by molar-refractivity contribution is 0.630. The van der Waals surface area contributed by atoms with Crippen molar-refractivity contribution in [1.82, 2.24) is 14.8 Å². The zero-order valence-electron chi connectivity index (χ0n) is 11.2. The third-order valence-electron chi connectivity index (χ3n) is 2.97. The van der Waals surface area contributed by atoms with E-state index in [-0.39, 0.29) is 10.7 Å². The molecule has 20 heavy (non-hydrogen) atoms. The second-order valence-corrected chi connectivity index (χ2v) is 4.65. The predicted octanol–water partition coefficient (Wildman–Crippen LogP) is 0.652. The van der Waals surface area contributed by atoms with Crippen molar-refractivity contribution in [3.8, 4) is 5.69 Å². The number of rotatable bonds is 3. The Balaban J connectivity index is 2.50. The molecule has 104 valence electrons. The molecule has 1 heterocycles. The van der Waals surface area contributed by atoms with E-state index in [1.807, 2.05) is 44.3 Å². The van der Waals surface area contributed by atoms with Crippen LogP contribution in [0.4, 0.5) is 0 Å². The molecule has 0 radical (unpaired) electrons. The molecule has 0 atom stereocenters. The molecule has 0 bridgehead atoms. The lowest BCUT2D eigenvalue weighted by Gasteiger charge is -2.07. The van der Waals surface area contributed by atoms with Crippen LogP contribution in [0.3, 0.4) is 0 Å². The quantitative estimate of drug-likeness (QED) is 0.494. The van der Waals surface area contributed by atoms with Crippen molar-refractivity contribution in [3.05, 3.63) is 51.9 Å². The van der Waals surface area contributed by atoms with Crippen LogP contribution in [-0.2, 0) is 7.05 Å². The number of nitrogens with zero attached hydrogens (tertiary/aromatic N) is 3. The van der Waals surface area contributed by atoms with Crippen LogP contribution in [0.15, 0.2) is 40.2 Å². The maximum Gasteiger partial charge on any atom is 0.280 e. The summed E-state index contributed by atoms with van der Waals surface area (Å²) in [5.74, 6) is 0. The maximum atomic E-state index is 12.4. The molecule has 0 aliphatic rings. The number of nitrogens with two attached hydrogens (primary N) is 1. The summed E-state index contributed by atoms with van der Waals surface area (Å²) in [6, 6.07) is 9.40. The topological polar surface area (TPSA) is 77.3 Å². The standard InChI is InChI=1S/C13H15N5OS/c1-9-11(8-15-16-13(14)20)12(19)18(17(9)2)10-6-4-3-5-7-10/h3-8H,1-2H3,(H3,14,16,20). The summed E-state index contributed by atoms with van der Waals surface area (Å²) in [5.41, 5.74) is 9.65. The summed E-state index contributed by atoms with van der Waals surface area (Å²) in [6.45, 7) is 1.85. The van der Waals surface area contributed by atoms with Gasteiger partial charge in [-0.25, -0.2) is 4.68 Å². The summed E-state index contributed by atoms with van der Waals surface area (Å²) in [5, 5.41) is 3.90. The number of thiocarbonyl (C=S) groups is 1. The zero-order chi connectivity index (χ0) is 14.7. The highest BCUT2D eigenvalue weighted by atomic mass is 32.1. The van der Waals surface area contributed by atoms with Gasteiger partial charge in [-0.3, -0.25) is 14.9 Å². The fourth-order valence-electron chi connectivity index (χ4n) is 1.90. The number of aromatic nitrogens is 2. The number of benzene rings is 1. The van der Waals surface area contributed by atoms with Gasteiger partial charge in [0.15, 0.2) is 5.11 Å². The maximum absolute atomic E-state index is 12.4. The van der Waals surface area contributed by atoms with Crippen LogP contribution in [0.5, 0.6) is 0 Å². The highest BCUT2D eigenvalue weighted by Crippen LogP contribution is 2.08. The highest BCUT2D eigenvalue weighted by molar-refractivity contribution is 7.80. The Morgan fingerprint density at radius 1 is 1.40 bits per heavy atom. The molecule has 0 spiro atoms. The van der Waals surface area contributed by atoms with Crippen molar-refractivity contribution in [2.45, 2.75) is 6.92 Å². The Morgan fingerprint density at radius 3 is 2.65 bits per heavy atom. The Labute approximate surface area is 121 Å². The van der Waals surface area contributed by atoms with Crippen LogP contribution in [0, 0.1) is 6.92 Å². The van der Waals surface area contributed by atoms with E-state index < -0.39 is 0 Å². The molecule has 0 unspecified atom stereocenters. The molecular weight excluding hydrogens is 274 g/mol. The number of hydrogen-bond acceptors (Lipinski definition) is 3. The Hall–Kier alpha value is -2.41. The van der Waals surface area contributed by atoms with Gasteiger partial charge in [0.25, 0.3) is 5.56 Å². The number of para-hydroxylation sites is 1. The van der Waals surface area contributed by atoms with Crippen LogP contribution >= 0.6 is 12.2 Å². The molecule has 2 rings (SSSR count). The van der Waals surface area contributed by atoms with Gasteiger partial charge in [-0.15, -0.1) is 0 Å². The van der Waals surface area contributed by atoms with Crippen molar-refractivity contribution in [2.75, 3.05) is 0 Å². The molecule has 0 saturated heterocycles. The highest BCUT2D eigenvalue weighted by Gasteiger charge is 2.14. The van der Waals surface area contributed by atoms with Gasteiger partial charge in [0.1, 0.15) is 0 Å². The predicted molar refractivity (Wildman–Crippen MR) is 83.3 cm³/mol.